The molecule has 3 aromatic carbocycles. The van der Waals surface area contributed by atoms with Crippen molar-refractivity contribution in [2.24, 2.45) is 0 Å². The van der Waals surface area contributed by atoms with Gasteiger partial charge in [-0.05, 0) is 64.8 Å². The summed E-state index contributed by atoms with van der Waals surface area (Å²) in [6.07, 6.45) is 4.58. The molecule has 0 radical (unpaired) electrons. The topological polar surface area (TPSA) is 0 Å². The molecule has 0 spiro atoms. The van der Waals surface area contributed by atoms with Gasteiger partial charge in [-0.15, -0.1) is 0 Å². The van der Waals surface area contributed by atoms with E-state index in [4.69, 9.17) is 0 Å². The van der Waals surface area contributed by atoms with Crippen LogP contribution in [-0.2, 0) is 12.8 Å². The van der Waals surface area contributed by atoms with E-state index in [1.54, 1.807) is 0 Å². The second-order valence-electron chi connectivity index (χ2n) is 6.23. The quantitative estimate of drug-likeness (QED) is 0.541. The molecule has 0 heterocycles. The van der Waals surface area contributed by atoms with Gasteiger partial charge in [0.05, 0.1) is 0 Å². The molecular weight excluding hydrogens is 276 g/mol. The molecule has 1 aliphatic rings. The number of rotatable bonds is 1. The fourth-order valence-corrected chi connectivity index (χ4v) is 3.48. The van der Waals surface area contributed by atoms with Crippen molar-refractivity contribution in [1.29, 1.82) is 0 Å². The first-order valence-electron chi connectivity index (χ1n) is 8.27. The highest BCUT2D eigenvalue weighted by atomic mass is 14.2. The van der Waals surface area contributed by atoms with Crippen molar-refractivity contribution in [3.63, 3.8) is 0 Å². The summed E-state index contributed by atoms with van der Waals surface area (Å²) in [5.74, 6) is 0. The molecule has 1 aliphatic carbocycles. The van der Waals surface area contributed by atoms with E-state index in [0.717, 1.165) is 12.8 Å². The molecule has 23 heavy (non-hydrogen) atoms. The molecule has 4 rings (SSSR count). The lowest BCUT2D eigenvalue weighted by molar-refractivity contribution is 0.965. The third kappa shape index (κ3) is 2.61. The van der Waals surface area contributed by atoms with E-state index in [0.29, 0.717) is 0 Å². The van der Waals surface area contributed by atoms with Crippen LogP contribution in [0.4, 0.5) is 0 Å². The van der Waals surface area contributed by atoms with Crippen LogP contribution in [0.5, 0.6) is 0 Å². The Morgan fingerprint density at radius 1 is 0.652 bits per heavy atom. The zero-order valence-corrected chi connectivity index (χ0v) is 13.4. The maximum absolute atomic E-state index is 2.36. The van der Waals surface area contributed by atoms with Gasteiger partial charge in [0, 0.05) is 0 Å². The third-order valence-corrected chi connectivity index (χ3v) is 4.77. The average molecular weight is 296 g/mol. The minimum Gasteiger partial charge on any atom is -0.0620 e. The molecule has 0 unspecified atom stereocenters. The monoisotopic (exact) mass is 296 g/mol. The van der Waals surface area contributed by atoms with Gasteiger partial charge in [-0.25, -0.2) is 0 Å². The Kier molecular flexibility index (Phi) is 3.59. The van der Waals surface area contributed by atoms with Crippen LogP contribution in [0.15, 0.2) is 72.8 Å². The number of aryl methyl sites for hydroxylation is 3. The Labute approximate surface area is 138 Å². The zero-order chi connectivity index (χ0) is 15.6. The van der Waals surface area contributed by atoms with E-state index < -0.39 is 0 Å². The molecule has 112 valence electrons. The predicted octanol–water partition coefficient (Wildman–Crippen LogP) is 5.68. The van der Waals surface area contributed by atoms with Crippen LogP contribution < -0.4 is 0 Å². The van der Waals surface area contributed by atoms with Gasteiger partial charge >= 0.3 is 0 Å². The summed E-state index contributed by atoms with van der Waals surface area (Å²) in [7, 11) is 0. The van der Waals surface area contributed by atoms with Gasteiger partial charge in [0.1, 0.15) is 0 Å². The molecule has 0 amide bonds. The molecule has 0 nitrogen and oxygen atoms in total. The summed E-state index contributed by atoms with van der Waals surface area (Å²) in [5.41, 5.74) is 9.62. The van der Waals surface area contributed by atoms with Gasteiger partial charge < -0.3 is 0 Å². The van der Waals surface area contributed by atoms with Gasteiger partial charge in [0.15, 0.2) is 0 Å². The van der Waals surface area contributed by atoms with E-state index in [9.17, 15) is 0 Å². The molecule has 0 saturated carbocycles. The Balaban J connectivity index is 1.99. The number of benzene rings is 3. The maximum Gasteiger partial charge on any atom is -0.00998 e. The number of hydrogen-bond acceptors (Lipinski definition) is 0. The molecule has 0 aliphatic heterocycles. The van der Waals surface area contributed by atoms with E-state index in [-0.39, 0.29) is 0 Å². The summed E-state index contributed by atoms with van der Waals surface area (Å²) >= 11 is 0. The van der Waals surface area contributed by atoms with Crippen LogP contribution >= 0.6 is 0 Å². The van der Waals surface area contributed by atoms with Crippen LogP contribution in [0.3, 0.4) is 0 Å². The molecule has 0 heteroatoms. The Morgan fingerprint density at radius 3 is 1.78 bits per heavy atom. The van der Waals surface area contributed by atoms with Gasteiger partial charge in [0.2, 0.25) is 0 Å². The molecule has 3 aromatic rings. The van der Waals surface area contributed by atoms with Crippen molar-refractivity contribution in [2.75, 3.05) is 0 Å². The zero-order valence-electron chi connectivity index (χ0n) is 13.4. The highest BCUT2D eigenvalue weighted by Gasteiger charge is 2.17. The normalized spacial score (nSPS) is 13.0. The largest absolute Gasteiger partial charge is 0.0620 e. The van der Waals surface area contributed by atoms with E-state index in [1.807, 2.05) is 0 Å². The second-order valence-corrected chi connectivity index (χ2v) is 6.23. The van der Waals surface area contributed by atoms with Crippen molar-refractivity contribution < 1.29 is 0 Å². The van der Waals surface area contributed by atoms with Crippen molar-refractivity contribution in [2.45, 2.75) is 19.8 Å². The van der Waals surface area contributed by atoms with Crippen LogP contribution in [0.25, 0.3) is 11.6 Å². The highest BCUT2D eigenvalue weighted by Crippen LogP contribution is 2.35. The molecule has 0 atom stereocenters. The second kappa shape index (κ2) is 5.89. The maximum atomic E-state index is 2.36. The molecular formula is C23H20. The predicted molar refractivity (Wildman–Crippen MR) is 98.4 cm³/mol. The summed E-state index contributed by atoms with van der Waals surface area (Å²) in [5, 5.41) is 0. The first-order chi connectivity index (χ1) is 11.3. The minimum absolute atomic E-state index is 1.11. The van der Waals surface area contributed by atoms with Gasteiger partial charge in [-0.1, -0.05) is 72.8 Å². The lowest BCUT2D eigenvalue weighted by Gasteiger charge is -2.13. The van der Waals surface area contributed by atoms with Crippen LogP contribution in [0.1, 0.15) is 33.4 Å². The number of hydrogen-bond donors (Lipinski definition) is 0. The number of fused-ring (bicyclic) bond motifs is 2. The smallest absolute Gasteiger partial charge is 0.00998 e. The molecule has 0 fully saturated rings. The summed E-state index contributed by atoms with van der Waals surface area (Å²) in [4.78, 5) is 0. The van der Waals surface area contributed by atoms with Crippen LogP contribution in [0.2, 0.25) is 0 Å². The minimum atomic E-state index is 1.11. The summed E-state index contributed by atoms with van der Waals surface area (Å²) in [6, 6.07) is 26.3. The average Bonchev–Trinajstić information content (AvgIpc) is 2.75. The first kappa shape index (κ1) is 14.0. The molecule has 0 bridgehead atoms. The van der Waals surface area contributed by atoms with E-state index >= 15 is 0 Å². The fraction of sp³-hybridized carbons (Fsp3) is 0.130. The Hall–Kier alpha value is -2.60. The van der Waals surface area contributed by atoms with Crippen molar-refractivity contribution in [3.05, 3.63) is 106 Å². The van der Waals surface area contributed by atoms with Gasteiger partial charge in [0.25, 0.3) is 0 Å². The fourth-order valence-electron chi connectivity index (χ4n) is 3.48. The third-order valence-electron chi connectivity index (χ3n) is 4.77. The summed E-state index contributed by atoms with van der Waals surface area (Å²) < 4.78 is 0. The van der Waals surface area contributed by atoms with Crippen molar-refractivity contribution >= 4 is 11.6 Å². The standard InChI is InChI=1S/C23H20/c1-17-8-2-3-11-20(17)16-23-21-12-6-4-9-18(21)14-15-19-10-5-7-13-22(19)23/h2-13,16H,14-15H2,1H3. The first-order valence-corrected chi connectivity index (χ1v) is 8.27. The van der Waals surface area contributed by atoms with Crippen LogP contribution in [0, 0.1) is 6.92 Å². The lowest BCUT2D eigenvalue weighted by atomic mass is 9.91. The molecule has 0 N–H and O–H groups in total. The van der Waals surface area contributed by atoms with E-state index in [2.05, 4.69) is 85.8 Å². The molecule has 0 saturated heterocycles. The Morgan fingerprint density at radius 2 is 1.17 bits per heavy atom. The SMILES string of the molecule is Cc1ccccc1C=C1c2ccccc2CCc2ccccc21. The summed E-state index contributed by atoms with van der Waals surface area (Å²) in [6.45, 7) is 2.18. The van der Waals surface area contributed by atoms with Gasteiger partial charge in [-0.3, -0.25) is 0 Å². The van der Waals surface area contributed by atoms with Crippen molar-refractivity contribution in [3.8, 4) is 0 Å². The van der Waals surface area contributed by atoms with E-state index in [1.165, 1.54) is 39.0 Å². The lowest BCUT2D eigenvalue weighted by Crippen LogP contribution is -1.92. The Bertz CT molecular complexity index is 834. The van der Waals surface area contributed by atoms with Crippen molar-refractivity contribution in [1.82, 2.24) is 0 Å². The molecule has 0 aromatic heterocycles. The van der Waals surface area contributed by atoms with Crippen LogP contribution in [-0.4, -0.2) is 0 Å². The van der Waals surface area contributed by atoms with Gasteiger partial charge in [-0.2, -0.15) is 0 Å². The highest BCUT2D eigenvalue weighted by molar-refractivity contribution is 5.94.